The van der Waals surface area contributed by atoms with Crippen LogP contribution < -0.4 is 0 Å². The first-order valence-corrected chi connectivity index (χ1v) is 7.00. The van der Waals surface area contributed by atoms with Crippen LogP contribution in [0.25, 0.3) is 0 Å². The summed E-state index contributed by atoms with van der Waals surface area (Å²) in [6.45, 7) is 8.99. The van der Waals surface area contributed by atoms with Crippen molar-refractivity contribution in [1.29, 1.82) is 0 Å². The topological polar surface area (TPSA) is 58.4 Å². The smallest absolute Gasteiger partial charge is 0.303 e. The molecule has 108 valence electrons. The van der Waals surface area contributed by atoms with Crippen molar-refractivity contribution in [2.24, 2.45) is 0 Å². The molecule has 1 rings (SSSR count). The Morgan fingerprint density at radius 3 is 2.84 bits per heavy atom. The predicted molar refractivity (Wildman–Crippen MR) is 74.9 cm³/mol. The van der Waals surface area contributed by atoms with Crippen molar-refractivity contribution in [2.45, 2.75) is 59.2 Å². The molecule has 5 heteroatoms. The van der Waals surface area contributed by atoms with Crippen molar-refractivity contribution in [3.63, 3.8) is 0 Å². The molecule has 0 aromatic carbocycles. The van der Waals surface area contributed by atoms with Crippen LogP contribution >= 0.6 is 0 Å². The second-order valence-electron chi connectivity index (χ2n) is 5.17. The molecular formula is C14H25N3O2. The largest absolute Gasteiger partial charge is 0.481 e. The van der Waals surface area contributed by atoms with Crippen LogP contribution in [0.15, 0.2) is 12.4 Å². The zero-order valence-electron chi connectivity index (χ0n) is 12.2. The van der Waals surface area contributed by atoms with Gasteiger partial charge in [0, 0.05) is 37.3 Å². The third kappa shape index (κ3) is 5.87. The SMILES string of the molecule is CCCn1cc(CN(CCCC(=O)O)C(C)C)cn1. The van der Waals surface area contributed by atoms with Gasteiger partial charge >= 0.3 is 5.97 Å². The maximum Gasteiger partial charge on any atom is 0.303 e. The normalized spacial score (nSPS) is 11.4. The highest BCUT2D eigenvalue weighted by molar-refractivity contribution is 5.66. The van der Waals surface area contributed by atoms with Gasteiger partial charge in [-0.25, -0.2) is 0 Å². The zero-order chi connectivity index (χ0) is 14.3. The van der Waals surface area contributed by atoms with E-state index in [-0.39, 0.29) is 6.42 Å². The minimum atomic E-state index is -0.723. The molecule has 0 aliphatic rings. The van der Waals surface area contributed by atoms with Crippen LogP contribution in [0.4, 0.5) is 0 Å². The third-order valence-electron chi connectivity index (χ3n) is 3.09. The highest BCUT2D eigenvalue weighted by Gasteiger charge is 2.11. The van der Waals surface area contributed by atoms with Crippen LogP contribution in [0.1, 0.15) is 45.6 Å². The zero-order valence-corrected chi connectivity index (χ0v) is 12.2. The first-order valence-electron chi connectivity index (χ1n) is 7.00. The highest BCUT2D eigenvalue weighted by Crippen LogP contribution is 2.09. The van der Waals surface area contributed by atoms with E-state index in [2.05, 4.69) is 37.0 Å². The Kier molecular flexibility index (Phi) is 6.56. The summed E-state index contributed by atoms with van der Waals surface area (Å²) in [5.41, 5.74) is 1.19. The van der Waals surface area contributed by atoms with Crippen LogP contribution in [0.5, 0.6) is 0 Å². The molecule has 19 heavy (non-hydrogen) atoms. The Hall–Kier alpha value is -1.36. The summed E-state index contributed by atoms with van der Waals surface area (Å²) < 4.78 is 1.96. The summed E-state index contributed by atoms with van der Waals surface area (Å²) in [4.78, 5) is 12.8. The third-order valence-corrected chi connectivity index (χ3v) is 3.09. The number of nitrogens with zero attached hydrogens (tertiary/aromatic N) is 3. The maximum atomic E-state index is 10.6. The molecule has 0 spiro atoms. The van der Waals surface area contributed by atoms with Crippen LogP contribution in [-0.2, 0) is 17.9 Å². The number of rotatable bonds is 9. The van der Waals surface area contributed by atoms with E-state index in [1.807, 2.05) is 10.9 Å². The van der Waals surface area contributed by atoms with Gasteiger partial charge in [0.1, 0.15) is 0 Å². The number of aliphatic carboxylic acids is 1. The van der Waals surface area contributed by atoms with Crippen molar-refractivity contribution in [1.82, 2.24) is 14.7 Å². The summed E-state index contributed by atoms with van der Waals surface area (Å²) >= 11 is 0. The first kappa shape index (κ1) is 15.7. The second kappa shape index (κ2) is 7.94. The van der Waals surface area contributed by atoms with Crippen LogP contribution in [-0.4, -0.2) is 38.3 Å². The molecule has 0 aliphatic carbocycles. The van der Waals surface area contributed by atoms with E-state index in [1.165, 1.54) is 5.56 Å². The molecule has 0 fully saturated rings. The molecule has 0 amide bonds. The number of aryl methyl sites for hydroxylation is 1. The number of carbonyl (C=O) groups is 1. The van der Waals surface area contributed by atoms with Gasteiger partial charge in [-0.2, -0.15) is 5.10 Å². The summed E-state index contributed by atoms with van der Waals surface area (Å²) in [6.07, 6.45) is 5.99. The molecule has 0 saturated carbocycles. The highest BCUT2D eigenvalue weighted by atomic mass is 16.4. The van der Waals surface area contributed by atoms with E-state index in [1.54, 1.807) is 0 Å². The Balaban J connectivity index is 2.49. The fourth-order valence-electron chi connectivity index (χ4n) is 2.03. The number of hydrogen-bond acceptors (Lipinski definition) is 3. The number of hydrogen-bond donors (Lipinski definition) is 1. The molecular weight excluding hydrogens is 242 g/mol. The number of carboxylic acids is 1. The summed E-state index contributed by atoms with van der Waals surface area (Å²) in [7, 11) is 0. The summed E-state index contributed by atoms with van der Waals surface area (Å²) in [5.74, 6) is -0.723. The standard InChI is InChI=1S/C14H25N3O2/c1-4-7-17-11-13(9-15-17)10-16(12(2)3)8-5-6-14(18)19/h9,11-12H,4-8,10H2,1-3H3,(H,18,19). The molecule has 0 saturated heterocycles. The van der Waals surface area contributed by atoms with Crippen LogP contribution in [0.3, 0.4) is 0 Å². The molecule has 0 unspecified atom stereocenters. The van der Waals surface area contributed by atoms with Crippen molar-refractivity contribution in [3.05, 3.63) is 18.0 Å². The fraction of sp³-hybridized carbons (Fsp3) is 0.714. The lowest BCUT2D eigenvalue weighted by atomic mass is 10.2. The average molecular weight is 267 g/mol. The van der Waals surface area contributed by atoms with E-state index in [0.29, 0.717) is 12.5 Å². The molecule has 0 bridgehead atoms. The van der Waals surface area contributed by atoms with E-state index >= 15 is 0 Å². The van der Waals surface area contributed by atoms with Gasteiger partial charge in [-0.1, -0.05) is 6.92 Å². The summed E-state index contributed by atoms with van der Waals surface area (Å²) in [6, 6.07) is 0.406. The summed E-state index contributed by atoms with van der Waals surface area (Å²) in [5, 5.41) is 13.0. The van der Waals surface area contributed by atoms with Crippen molar-refractivity contribution in [3.8, 4) is 0 Å². The molecule has 0 atom stereocenters. The van der Waals surface area contributed by atoms with Gasteiger partial charge in [-0.05, 0) is 33.2 Å². The van der Waals surface area contributed by atoms with Crippen LogP contribution in [0.2, 0.25) is 0 Å². The fourth-order valence-corrected chi connectivity index (χ4v) is 2.03. The molecule has 0 radical (unpaired) electrons. The van der Waals surface area contributed by atoms with E-state index in [0.717, 1.165) is 26.1 Å². The minimum absolute atomic E-state index is 0.234. The monoisotopic (exact) mass is 267 g/mol. The van der Waals surface area contributed by atoms with Crippen molar-refractivity contribution >= 4 is 5.97 Å². The van der Waals surface area contributed by atoms with Crippen molar-refractivity contribution < 1.29 is 9.90 Å². The van der Waals surface area contributed by atoms with Gasteiger partial charge in [0.15, 0.2) is 0 Å². The lowest BCUT2D eigenvalue weighted by molar-refractivity contribution is -0.137. The van der Waals surface area contributed by atoms with Gasteiger partial charge in [0.25, 0.3) is 0 Å². The lowest BCUT2D eigenvalue weighted by Gasteiger charge is -2.25. The van der Waals surface area contributed by atoms with Crippen LogP contribution in [0, 0.1) is 0 Å². The molecule has 1 aromatic heterocycles. The van der Waals surface area contributed by atoms with Gasteiger partial charge in [0.05, 0.1) is 6.20 Å². The average Bonchev–Trinajstić information content (AvgIpc) is 2.75. The molecule has 0 aliphatic heterocycles. The second-order valence-corrected chi connectivity index (χ2v) is 5.17. The van der Waals surface area contributed by atoms with Gasteiger partial charge in [-0.15, -0.1) is 0 Å². The van der Waals surface area contributed by atoms with E-state index in [9.17, 15) is 4.79 Å². The van der Waals surface area contributed by atoms with Gasteiger partial charge < -0.3 is 5.11 Å². The number of carboxylic acid groups (broad SMARTS) is 1. The number of aromatic nitrogens is 2. The Morgan fingerprint density at radius 2 is 2.26 bits per heavy atom. The predicted octanol–water partition coefficient (Wildman–Crippen LogP) is 2.37. The molecule has 1 heterocycles. The van der Waals surface area contributed by atoms with E-state index in [4.69, 9.17) is 5.11 Å². The first-order chi connectivity index (χ1) is 9.02. The minimum Gasteiger partial charge on any atom is -0.481 e. The molecule has 1 N–H and O–H groups in total. The Labute approximate surface area is 115 Å². The lowest BCUT2D eigenvalue weighted by Crippen LogP contribution is -2.31. The quantitative estimate of drug-likeness (QED) is 0.746. The van der Waals surface area contributed by atoms with Gasteiger partial charge in [0.2, 0.25) is 0 Å². The maximum absolute atomic E-state index is 10.6. The molecule has 5 nitrogen and oxygen atoms in total. The molecule has 1 aromatic rings. The Bertz CT molecular complexity index is 388. The van der Waals surface area contributed by atoms with E-state index < -0.39 is 5.97 Å². The Morgan fingerprint density at radius 1 is 1.53 bits per heavy atom. The van der Waals surface area contributed by atoms with Gasteiger partial charge in [-0.3, -0.25) is 14.4 Å². The van der Waals surface area contributed by atoms with Crippen molar-refractivity contribution in [2.75, 3.05) is 6.54 Å².